The van der Waals surface area contributed by atoms with Crippen LogP contribution < -0.4 is 4.74 Å². The van der Waals surface area contributed by atoms with E-state index >= 15 is 0 Å². The average molecular weight is 388 g/mol. The summed E-state index contributed by atoms with van der Waals surface area (Å²) >= 11 is 1.42. The van der Waals surface area contributed by atoms with Crippen LogP contribution in [-0.4, -0.2) is 76.6 Å². The lowest BCUT2D eigenvalue weighted by Crippen LogP contribution is -2.47. The van der Waals surface area contributed by atoms with Gasteiger partial charge in [-0.2, -0.15) is 0 Å². The van der Waals surface area contributed by atoms with Gasteiger partial charge in [-0.3, -0.25) is 9.36 Å². The van der Waals surface area contributed by atoms with Crippen LogP contribution in [0.2, 0.25) is 0 Å². The molecule has 0 N–H and O–H groups in total. The number of likely N-dealkylation sites (N-methyl/N-ethyl adjacent to an activating group) is 1. The van der Waals surface area contributed by atoms with E-state index in [0.29, 0.717) is 12.3 Å². The van der Waals surface area contributed by atoms with Gasteiger partial charge in [-0.25, -0.2) is 0 Å². The van der Waals surface area contributed by atoms with Crippen LogP contribution in [0.3, 0.4) is 0 Å². The molecule has 0 saturated carbocycles. The monoisotopic (exact) mass is 387 g/mol. The number of nitrogens with zero attached hydrogens (tertiary/aromatic N) is 5. The predicted molar refractivity (Wildman–Crippen MR) is 107 cm³/mol. The van der Waals surface area contributed by atoms with Gasteiger partial charge in [0.05, 0.1) is 12.9 Å². The SMILES string of the molecule is C=CCn1c(SCC(=O)N2CCN(C)CC2)nnc1-c1ccc(OC)cc1. The van der Waals surface area contributed by atoms with Gasteiger partial charge < -0.3 is 14.5 Å². The largest absolute Gasteiger partial charge is 0.497 e. The minimum atomic E-state index is 0.146. The molecule has 0 aliphatic carbocycles. The maximum Gasteiger partial charge on any atom is 0.233 e. The third-order valence-corrected chi connectivity index (χ3v) is 5.51. The van der Waals surface area contributed by atoms with Crippen LogP contribution in [0.1, 0.15) is 0 Å². The van der Waals surface area contributed by atoms with E-state index in [-0.39, 0.29) is 5.91 Å². The standard InChI is InChI=1S/C19H25N5O2S/c1-4-9-24-18(15-5-7-16(26-3)8-6-15)20-21-19(24)27-14-17(25)23-12-10-22(2)11-13-23/h4-8H,1,9-14H2,2-3H3. The van der Waals surface area contributed by atoms with E-state index in [4.69, 9.17) is 4.74 Å². The lowest BCUT2D eigenvalue weighted by Gasteiger charge is -2.32. The van der Waals surface area contributed by atoms with Crippen molar-refractivity contribution in [3.05, 3.63) is 36.9 Å². The van der Waals surface area contributed by atoms with Crippen molar-refractivity contribution in [3.63, 3.8) is 0 Å². The van der Waals surface area contributed by atoms with Gasteiger partial charge in [-0.05, 0) is 31.3 Å². The van der Waals surface area contributed by atoms with Crippen LogP contribution in [0, 0.1) is 0 Å². The van der Waals surface area contributed by atoms with Crippen molar-refractivity contribution in [2.75, 3.05) is 46.1 Å². The first kappa shape index (κ1) is 19.4. The molecule has 1 aliphatic rings. The molecule has 0 unspecified atom stereocenters. The Kier molecular flexibility index (Phi) is 6.52. The molecule has 0 spiro atoms. The van der Waals surface area contributed by atoms with Crippen molar-refractivity contribution in [1.29, 1.82) is 0 Å². The highest BCUT2D eigenvalue weighted by molar-refractivity contribution is 7.99. The minimum absolute atomic E-state index is 0.146. The zero-order chi connectivity index (χ0) is 19.2. The highest BCUT2D eigenvalue weighted by atomic mass is 32.2. The Labute approximate surface area is 164 Å². The van der Waals surface area contributed by atoms with Gasteiger partial charge in [0, 0.05) is 38.3 Å². The van der Waals surface area contributed by atoms with Gasteiger partial charge in [-0.1, -0.05) is 17.8 Å². The molecule has 1 amide bonds. The quantitative estimate of drug-likeness (QED) is 0.535. The predicted octanol–water partition coefficient (Wildman–Crippen LogP) is 2.01. The molecule has 2 heterocycles. The molecular weight excluding hydrogens is 362 g/mol. The van der Waals surface area contributed by atoms with E-state index in [2.05, 4.69) is 28.7 Å². The number of thioether (sulfide) groups is 1. The number of allylic oxidation sites excluding steroid dienone is 1. The second-order valence-corrected chi connectivity index (χ2v) is 7.35. The number of carbonyl (C=O) groups is 1. The highest BCUT2D eigenvalue weighted by Crippen LogP contribution is 2.26. The summed E-state index contributed by atoms with van der Waals surface area (Å²) in [6.45, 7) is 7.82. The molecule has 2 aromatic rings. The maximum atomic E-state index is 12.5. The van der Waals surface area contributed by atoms with Crippen LogP contribution in [0.5, 0.6) is 5.75 Å². The summed E-state index contributed by atoms with van der Waals surface area (Å²) in [7, 11) is 3.72. The van der Waals surface area contributed by atoms with Gasteiger partial charge in [-0.15, -0.1) is 16.8 Å². The summed E-state index contributed by atoms with van der Waals surface area (Å²) in [5, 5.41) is 9.36. The fourth-order valence-electron chi connectivity index (χ4n) is 2.92. The number of piperazine rings is 1. The summed E-state index contributed by atoms with van der Waals surface area (Å²) in [4.78, 5) is 16.6. The van der Waals surface area contributed by atoms with E-state index in [1.54, 1.807) is 7.11 Å². The number of hydrogen-bond acceptors (Lipinski definition) is 6. The first-order valence-electron chi connectivity index (χ1n) is 8.90. The third kappa shape index (κ3) is 4.70. The molecule has 0 bridgehead atoms. The lowest BCUT2D eigenvalue weighted by atomic mass is 10.2. The van der Waals surface area contributed by atoms with E-state index in [1.807, 2.05) is 39.8 Å². The number of carbonyl (C=O) groups excluding carboxylic acids is 1. The van der Waals surface area contributed by atoms with E-state index in [9.17, 15) is 4.79 Å². The van der Waals surface area contributed by atoms with E-state index < -0.39 is 0 Å². The topological polar surface area (TPSA) is 63.5 Å². The normalized spacial score (nSPS) is 15.0. The smallest absolute Gasteiger partial charge is 0.233 e. The molecule has 7 nitrogen and oxygen atoms in total. The Morgan fingerprint density at radius 3 is 2.56 bits per heavy atom. The Bertz CT molecular complexity index is 782. The summed E-state index contributed by atoms with van der Waals surface area (Å²) in [5.74, 6) is 2.06. The van der Waals surface area contributed by atoms with Crippen molar-refractivity contribution in [2.45, 2.75) is 11.7 Å². The van der Waals surface area contributed by atoms with Crippen LogP contribution in [-0.2, 0) is 11.3 Å². The summed E-state index contributed by atoms with van der Waals surface area (Å²) in [6.07, 6.45) is 1.81. The van der Waals surface area contributed by atoms with Crippen LogP contribution >= 0.6 is 11.8 Å². The first-order chi connectivity index (χ1) is 13.1. The van der Waals surface area contributed by atoms with Gasteiger partial charge in [0.15, 0.2) is 11.0 Å². The van der Waals surface area contributed by atoms with Gasteiger partial charge in [0.2, 0.25) is 5.91 Å². The average Bonchev–Trinajstić information content (AvgIpc) is 3.09. The van der Waals surface area contributed by atoms with Crippen molar-refractivity contribution >= 4 is 17.7 Å². The van der Waals surface area contributed by atoms with Gasteiger partial charge in [0.25, 0.3) is 0 Å². The molecule has 27 heavy (non-hydrogen) atoms. The number of hydrogen-bond donors (Lipinski definition) is 0. The molecule has 1 saturated heterocycles. The Balaban J connectivity index is 1.70. The second-order valence-electron chi connectivity index (χ2n) is 6.41. The number of benzene rings is 1. The summed E-state index contributed by atoms with van der Waals surface area (Å²) < 4.78 is 7.19. The zero-order valence-corrected chi connectivity index (χ0v) is 16.6. The molecule has 1 aromatic heterocycles. The van der Waals surface area contributed by atoms with Crippen LogP contribution in [0.4, 0.5) is 0 Å². The van der Waals surface area contributed by atoms with Crippen LogP contribution in [0.25, 0.3) is 11.4 Å². The van der Waals surface area contributed by atoms with Crippen molar-refractivity contribution in [3.8, 4) is 17.1 Å². The van der Waals surface area contributed by atoms with Crippen molar-refractivity contribution in [1.82, 2.24) is 24.6 Å². The summed E-state index contributed by atoms with van der Waals surface area (Å²) in [6, 6.07) is 7.69. The molecule has 3 rings (SSSR count). The second kappa shape index (κ2) is 9.05. The maximum absolute atomic E-state index is 12.5. The Morgan fingerprint density at radius 2 is 1.93 bits per heavy atom. The van der Waals surface area contributed by atoms with Crippen molar-refractivity contribution in [2.24, 2.45) is 0 Å². The molecule has 1 fully saturated rings. The lowest BCUT2D eigenvalue weighted by molar-refractivity contribution is -0.129. The van der Waals surface area contributed by atoms with E-state index in [0.717, 1.165) is 48.5 Å². The number of methoxy groups -OCH3 is 1. The van der Waals surface area contributed by atoms with Crippen molar-refractivity contribution < 1.29 is 9.53 Å². The number of aromatic nitrogens is 3. The summed E-state index contributed by atoms with van der Waals surface area (Å²) in [5.41, 5.74) is 0.947. The molecule has 1 aromatic carbocycles. The van der Waals surface area contributed by atoms with Gasteiger partial charge >= 0.3 is 0 Å². The van der Waals surface area contributed by atoms with E-state index in [1.165, 1.54) is 11.8 Å². The fourth-order valence-corrected chi connectivity index (χ4v) is 3.77. The Hall–Kier alpha value is -2.32. The minimum Gasteiger partial charge on any atom is -0.497 e. The zero-order valence-electron chi connectivity index (χ0n) is 15.8. The molecule has 8 heteroatoms. The first-order valence-corrected chi connectivity index (χ1v) is 9.88. The molecule has 0 radical (unpaired) electrons. The highest BCUT2D eigenvalue weighted by Gasteiger charge is 2.21. The molecule has 0 atom stereocenters. The third-order valence-electron chi connectivity index (χ3n) is 4.56. The fraction of sp³-hybridized carbons (Fsp3) is 0.421. The molecular formula is C19H25N5O2S. The molecule has 144 valence electrons. The number of ether oxygens (including phenoxy) is 1. The Morgan fingerprint density at radius 1 is 1.22 bits per heavy atom. The number of rotatable bonds is 7. The number of amides is 1. The molecule has 1 aliphatic heterocycles. The van der Waals surface area contributed by atoms with Gasteiger partial charge in [0.1, 0.15) is 5.75 Å². The van der Waals surface area contributed by atoms with Crippen LogP contribution in [0.15, 0.2) is 42.1 Å².